The Bertz CT molecular complexity index is 856. The molecule has 27 heavy (non-hydrogen) atoms. The van der Waals surface area contributed by atoms with E-state index in [1.807, 2.05) is 51.3 Å². The van der Waals surface area contributed by atoms with Crippen LogP contribution in [-0.4, -0.2) is 34.2 Å². The van der Waals surface area contributed by atoms with Gasteiger partial charge in [0.25, 0.3) is 11.8 Å². The number of nitrogens with zero attached hydrogens (tertiary/aromatic N) is 2. The topological polar surface area (TPSA) is 57.7 Å². The van der Waals surface area contributed by atoms with Crippen molar-refractivity contribution in [2.45, 2.75) is 52.1 Å². The molecule has 1 saturated heterocycles. The van der Waals surface area contributed by atoms with Crippen LogP contribution in [0.25, 0.3) is 0 Å². The highest BCUT2D eigenvalue weighted by molar-refractivity contribution is 7.12. The smallest absolute Gasteiger partial charge is 0.265 e. The summed E-state index contributed by atoms with van der Waals surface area (Å²) in [6.45, 7) is 7.80. The molecule has 2 aromatic rings. The van der Waals surface area contributed by atoms with Crippen LogP contribution < -0.4 is 4.90 Å². The van der Waals surface area contributed by atoms with Crippen LogP contribution in [0.2, 0.25) is 0 Å². The van der Waals surface area contributed by atoms with Gasteiger partial charge in [0.2, 0.25) is 5.91 Å². The molecule has 1 unspecified atom stereocenters. The zero-order valence-corrected chi connectivity index (χ0v) is 16.9. The van der Waals surface area contributed by atoms with Crippen molar-refractivity contribution >= 4 is 34.7 Å². The predicted molar refractivity (Wildman–Crippen MR) is 107 cm³/mol. The van der Waals surface area contributed by atoms with Gasteiger partial charge in [-0.1, -0.05) is 30.7 Å². The number of hydrogen-bond donors (Lipinski definition) is 0. The van der Waals surface area contributed by atoms with Gasteiger partial charge >= 0.3 is 0 Å². The Kier molecular flexibility index (Phi) is 5.20. The highest BCUT2D eigenvalue weighted by Gasteiger charge is 2.48. The number of amides is 3. The zero-order chi connectivity index (χ0) is 19.8. The maximum Gasteiger partial charge on any atom is 0.265 e. The van der Waals surface area contributed by atoms with Crippen LogP contribution in [0, 0.1) is 6.92 Å². The molecule has 3 rings (SSSR count). The van der Waals surface area contributed by atoms with Crippen LogP contribution in [-0.2, 0) is 9.59 Å². The molecule has 0 N–H and O–H groups in total. The molecular formula is C21H24N2O3S. The van der Waals surface area contributed by atoms with Crippen molar-refractivity contribution in [3.8, 4) is 0 Å². The second-order valence-electron chi connectivity index (χ2n) is 7.44. The maximum absolute atomic E-state index is 13.2. The third-order valence-electron chi connectivity index (χ3n) is 5.19. The Hall–Kier alpha value is -2.47. The van der Waals surface area contributed by atoms with Crippen LogP contribution in [0.1, 0.15) is 48.8 Å². The standard InChI is InChI=1S/C21H24N2O3S/c1-5-21(3,4)23(20(26)17-7-6-12-27-17)16-13-18(24)22(19(16)25)15-10-8-14(2)9-11-15/h6-12,16H,5,13H2,1-4H3. The number of rotatable bonds is 5. The minimum Gasteiger partial charge on any atom is -0.320 e. The molecule has 0 bridgehead atoms. The van der Waals surface area contributed by atoms with Crippen molar-refractivity contribution in [3.63, 3.8) is 0 Å². The van der Waals surface area contributed by atoms with Crippen molar-refractivity contribution in [1.82, 2.24) is 4.90 Å². The van der Waals surface area contributed by atoms with Crippen LogP contribution >= 0.6 is 11.3 Å². The lowest BCUT2D eigenvalue weighted by molar-refractivity contribution is -0.123. The van der Waals surface area contributed by atoms with E-state index in [4.69, 9.17) is 0 Å². The number of aryl methyl sites for hydroxylation is 1. The van der Waals surface area contributed by atoms with Gasteiger partial charge in [0.05, 0.1) is 17.0 Å². The van der Waals surface area contributed by atoms with Gasteiger partial charge in [-0.15, -0.1) is 11.3 Å². The molecule has 1 aromatic carbocycles. The average molecular weight is 385 g/mol. The second-order valence-corrected chi connectivity index (χ2v) is 8.39. The second kappa shape index (κ2) is 7.27. The van der Waals surface area contributed by atoms with E-state index in [-0.39, 0.29) is 24.1 Å². The molecule has 0 radical (unpaired) electrons. The Morgan fingerprint density at radius 1 is 1.22 bits per heavy atom. The lowest BCUT2D eigenvalue weighted by atomic mass is 9.95. The molecule has 1 fully saturated rings. The fourth-order valence-corrected chi connectivity index (χ4v) is 3.97. The number of benzene rings is 1. The lowest BCUT2D eigenvalue weighted by Gasteiger charge is -2.41. The third-order valence-corrected chi connectivity index (χ3v) is 6.05. The minimum absolute atomic E-state index is 0.00720. The largest absolute Gasteiger partial charge is 0.320 e. The predicted octanol–water partition coefficient (Wildman–Crippen LogP) is 4.02. The summed E-state index contributed by atoms with van der Waals surface area (Å²) in [5.74, 6) is -0.811. The van der Waals surface area contributed by atoms with E-state index in [1.165, 1.54) is 16.2 Å². The van der Waals surface area contributed by atoms with Crippen molar-refractivity contribution in [2.75, 3.05) is 4.90 Å². The average Bonchev–Trinajstić information content (AvgIpc) is 3.25. The van der Waals surface area contributed by atoms with E-state index in [2.05, 4.69) is 0 Å². The molecule has 3 amide bonds. The molecule has 142 valence electrons. The SMILES string of the molecule is CCC(C)(C)N(C(=O)c1cccs1)C1CC(=O)N(c2ccc(C)cc2)C1=O. The highest BCUT2D eigenvalue weighted by atomic mass is 32.1. The summed E-state index contributed by atoms with van der Waals surface area (Å²) in [5.41, 5.74) is 1.05. The van der Waals surface area contributed by atoms with Crippen LogP contribution in [0.4, 0.5) is 5.69 Å². The molecule has 0 aliphatic carbocycles. The molecular weight excluding hydrogens is 360 g/mol. The summed E-state index contributed by atoms with van der Waals surface area (Å²) in [6.07, 6.45) is 0.680. The molecule has 1 atom stereocenters. The van der Waals surface area contributed by atoms with Gasteiger partial charge in [0.15, 0.2) is 0 Å². The first-order valence-electron chi connectivity index (χ1n) is 9.07. The third kappa shape index (κ3) is 3.54. The number of carbonyl (C=O) groups is 3. The van der Waals surface area contributed by atoms with E-state index in [9.17, 15) is 14.4 Å². The van der Waals surface area contributed by atoms with E-state index >= 15 is 0 Å². The number of thiophene rings is 1. The number of hydrogen-bond acceptors (Lipinski definition) is 4. The van der Waals surface area contributed by atoms with Gasteiger partial charge in [0, 0.05) is 5.54 Å². The Balaban J connectivity index is 1.98. The fourth-order valence-electron chi connectivity index (χ4n) is 3.31. The van der Waals surface area contributed by atoms with Crippen LogP contribution in [0.3, 0.4) is 0 Å². The Morgan fingerprint density at radius 3 is 2.44 bits per heavy atom. The van der Waals surface area contributed by atoms with Crippen molar-refractivity contribution in [1.29, 1.82) is 0 Å². The van der Waals surface area contributed by atoms with E-state index in [0.717, 1.165) is 5.56 Å². The van der Waals surface area contributed by atoms with Gasteiger partial charge in [-0.25, -0.2) is 4.90 Å². The van der Waals surface area contributed by atoms with Gasteiger partial charge in [-0.3, -0.25) is 14.4 Å². The molecule has 0 saturated carbocycles. The van der Waals surface area contributed by atoms with Gasteiger partial charge < -0.3 is 4.90 Å². The summed E-state index contributed by atoms with van der Waals surface area (Å²) in [5, 5.41) is 1.84. The molecule has 6 heteroatoms. The summed E-state index contributed by atoms with van der Waals surface area (Å²) < 4.78 is 0. The Morgan fingerprint density at radius 2 is 1.89 bits per heavy atom. The molecule has 1 aliphatic heterocycles. The first-order chi connectivity index (χ1) is 12.8. The van der Waals surface area contributed by atoms with Gasteiger partial charge in [-0.2, -0.15) is 0 Å². The van der Waals surface area contributed by atoms with Crippen molar-refractivity contribution < 1.29 is 14.4 Å². The van der Waals surface area contributed by atoms with Crippen molar-refractivity contribution in [3.05, 3.63) is 52.2 Å². The van der Waals surface area contributed by atoms with E-state index in [1.54, 1.807) is 23.1 Å². The molecule has 5 nitrogen and oxygen atoms in total. The number of imide groups is 1. The Labute approximate surface area is 163 Å². The van der Waals surface area contributed by atoms with E-state index in [0.29, 0.717) is 17.0 Å². The van der Waals surface area contributed by atoms with Crippen LogP contribution in [0.15, 0.2) is 41.8 Å². The molecule has 2 heterocycles. The fraction of sp³-hybridized carbons (Fsp3) is 0.381. The summed E-state index contributed by atoms with van der Waals surface area (Å²) in [4.78, 5) is 42.5. The number of carbonyl (C=O) groups excluding carboxylic acids is 3. The first kappa shape index (κ1) is 19.3. The quantitative estimate of drug-likeness (QED) is 0.732. The summed E-state index contributed by atoms with van der Waals surface area (Å²) >= 11 is 1.34. The highest BCUT2D eigenvalue weighted by Crippen LogP contribution is 2.33. The molecule has 1 aliphatic rings. The number of anilines is 1. The molecule has 0 spiro atoms. The normalized spacial score (nSPS) is 17.5. The van der Waals surface area contributed by atoms with Crippen LogP contribution in [0.5, 0.6) is 0 Å². The monoisotopic (exact) mass is 384 g/mol. The van der Waals surface area contributed by atoms with Gasteiger partial charge in [0.1, 0.15) is 6.04 Å². The lowest BCUT2D eigenvalue weighted by Crippen LogP contribution is -2.55. The van der Waals surface area contributed by atoms with Gasteiger partial charge in [-0.05, 0) is 50.8 Å². The van der Waals surface area contributed by atoms with Crippen molar-refractivity contribution in [2.24, 2.45) is 0 Å². The summed E-state index contributed by atoms with van der Waals surface area (Å²) in [6, 6.07) is 10.1. The van der Waals surface area contributed by atoms with E-state index < -0.39 is 11.6 Å². The summed E-state index contributed by atoms with van der Waals surface area (Å²) in [7, 11) is 0. The molecule has 1 aromatic heterocycles. The zero-order valence-electron chi connectivity index (χ0n) is 16.1. The first-order valence-corrected chi connectivity index (χ1v) is 9.95. The minimum atomic E-state index is -0.789. The maximum atomic E-state index is 13.2.